The van der Waals surface area contributed by atoms with Crippen molar-refractivity contribution in [3.05, 3.63) is 33.8 Å². The standard InChI is InChI=1S/C17H25Cl2N/c1-17(2,3)20-11-12-6-4-5-7-14(12)15-10-13(18)8-9-16(15)19/h8-10,12,14,20H,4-7,11H2,1-3H3. The lowest BCUT2D eigenvalue weighted by atomic mass is 9.75. The molecular formula is C17H25Cl2N. The van der Waals surface area contributed by atoms with Crippen molar-refractivity contribution >= 4 is 23.2 Å². The Bertz CT molecular complexity index is 451. The molecule has 0 heterocycles. The fraction of sp³-hybridized carbons (Fsp3) is 0.647. The second kappa shape index (κ2) is 6.68. The summed E-state index contributed by atoms with van der Waals surface area (Å²) >= 11 is 12.6. The van der Waals surface area contributed by atoms with E-state index in [1.807, 2.05) is 12.1 Å². The fourth-order valence-corrected chi connectivity index (χ4v) is 3.54. The van der Waals surface area contributed by atoms with Crippen molar-refractivity contribution in [2.24, 2.45) is 5.92 Å². The molecule has 1 nitrogen and oxygen atoms in total. The van der Waals surface area contributed by atoms with Gasteiger partial charge in [-0.2, -0.15) is 0 Å². The van der Waals surface area contributed by atoms with Crippen molar-refractivity contribution in [1.82, 2.24) is 5.32 Å². The Labute approximate surface area is 133 Å². The molecule has 2 unspecified atom stereocenters. The number of benzene rings is 1. The van der Waals surface area contributed by atoms with Gasteiger partial charge in [0.05, 0.1) is 0 Å². The van der Waals surface area contributed by atoms with Crippen LogP contribution in [0.15, 0.2) is 18.2 Å². The zero-order valence-corrected chi connectivity index (χ0v) is 14.2. The van der Waals surface area contributed by atoms with Crippen LogP contribution in [-0.4, -0.2) is 12.1 Å². The summed E-state index contributed by atoms with van der Waals surface area (Å²) in [7, 11) is 0. The van der Waals surface area contributed by atoms with Crippen LogP contribution in [0, 0.1) is 5.92 Å². The summed E-state index contributed by atoms with van der Waals surface area (Å²) in [6.45, 7) is 7.71. The van der Waals surface area contributed by atoms with E-state index in [2.05, 4.69) is 32.2 Å². The van der Waals surface area contributed by atoms with Gasteiger partial charge in [0, 0.05) is 15.6 Å². The minimum atomic E-state index is 0.167. The van der Waals surface area contributed by atoms with Crippen molar-refractivity contribution in [3.63, 3.8) is 0 Å². The number of rotatable bonds is 3. The van der Waals surface area contributed by atoms with E-state index < -0.39 is 0 Å². The third kappa shape index (κ3) is 4.38. The molecule has 1 fully saturated rings. The lowest BCUT2D eigenvalue weighted by Gasteiger charge is -2.35. The van der Waals surface area contributed by atoms with Crippen LogP contribution in [0.5, 0.6) is 0 Å². The van der Waals surface area contributed by atoms with Crippen molar-refractivity contribution < 1.29 is 0 Å². The quantitative estimate of drug-likeness (QED) is 0.759. The number of hydrogen-bond donors (Lipinski definition) is 1. The van der Waals surface area contributed by atoms with E-state index in [1.165, 1.54) is 31.2 Å². The molecule has 0 saturated heterocycles. The fourth-order valence-electron chi connectivity index (χ4n) is 3.10. The molecule has 20 heavy (non-hydrogen) atoms. The minimum absolute atomic E-state index is 0.167. The van der Waals surface area contributed by atoms with E-state index in [-0.39, 0.29) is 5.54 Å². The van der Waals surface area contributed by atoms with Crippen LogP contribution in [0.3, 0.4) is 0 Å². The van der Waals surface area contributed by atoms with Crippen molar-refractivity contribution in [2.45, 2.75) is 57.9 Å². The van der Waals surface area contributed by atoms with Gasteiger partial charge in [-0.1, -0.05) is 36.0 Å². The highest BCUT2D eigenvalue weighted by Crippen LogP contribution is 2.41. The summed E-state index contributed by atoms with van der Waals surface area (Å²) in [5.41, 5.74) is 1.40. The molecule has 0 bridgehead atoms. The average molecular weight is 314 g/mol. The molecule has 1 N–H and O–H groups in total. The van der Waals surface area contributed by atoms with Crippen molar-refractivity contribution in [1.29, 1.82) is 0 Å². The Kier molecular flexibility index (Phi) is 5.39. The van der Waals surface area contributed by atoms with E-state index >= 15 is 0 Å². The third-order valence-corrected chi connectivity index (χ3v) is 4.74. The summed E-state index contributed by atoms with van der Waals surface area (Å²) in [6, 6.07) is 5.87. The van der Waals surface area contributed by atoms with Crippen LogP contribution in [-0.2, 0) is 0 Å². The van der Waals surface area contributed by atoms with Gasteiger partial charge in [-0.3, -0.25) is 0 Å². The highest BCUT2D eigenvalue weighted by atomic mass is 35.5. The maximum Gasteiger partial charge on any atom is 0.0441 e. The first-order valence-corrected chi connectivity index (χ1v) is 8.32. The largest absolute Gasteiger partial charge is 0.312 e. The molecule has 0 radical (unpaired) electrons. The van der Waals surface area contributed by atoms with E-state index in [9.17, 15) is 0 Å². The smallest absolute Gasteiger partial charge is 0.0441 e. The van der Waals surface area contributed by atoms with Gasteiger partial charge in [0.2, 0.25) is 0 Å². The van der Waals surface area contributed by atoms with E-state index in [0.29, 0.717) is 11.8 Å². The van der Waals surface area contributed by atoms with Crippen LogP contribution in [0.4, 0.5) is 0 Å². The molecule has 1 saturated carbocycles. The molecule has 1 aliphatic carbocycles. The second-order valence-corrected chi connectivity index (χ2v) is 7.79. The topological polar surface area (TPSA) is 12.0 Å². The Hall–Kier alpha value is -0.240. The summed E-state index contributed by atoms with van der Waals surface area (Å²) in [4.78, 5) is 0. The first-order chi connectivity index (χ1) is 9.37. The molecule has 1 aromatic rings. The van der Waals surface area contributed by atoms with Crippen LogP contribution in [0.2, 0.25) is 10.0 Å². The Morgan fingerprint density at radius 3 is 2.55 bits per heavy atom. The monoisotopic (exact) mass is 313 g/mol. The van der Waals surface area contributed by atoms with Crippen LogP contribution >= 0.6 is 23.2 Å². The summed E-state index contributed by atoms with van der Waals surface area (Å²) in [5.74, 6) is 1.18. The maximum absolute atomic E-state index is 6.41. The number of hydrogen-bond acceptors (Lipinski definition) is 1. The molecular weight excluding hydrogens is 289 g/mol. The highest BCUT2D eigenvalue weighted by molar-refractivity contribution is 6.33. The Balaban J connectivity index is 2.16. The maximum atomic E-state index is 6.41. The molecule has 1 aliphatic rings. The summed E-state index contributed by atoms with van der Waals surface area (Å²) in [6.07, 6.45) is 5.11. The van der Waals surface area contributed by atoms with Gasteiger partial charge in [-0.05, 0) is 75.8 Å². The Morgan fingerprint density at radius 1 is 1.15 bits per heavy atom. The lowest BCUT2D eigenvalue weighted by Crippen LogP contribution is -2.41. The highest BCUT2D eigenvalue weighted by Gasteiger charge is 2.28. The SMILES string of the molecule is CC(C)(C)NCC1CCCCC1c1cc(Cl)ccc1Cl. The number of halogens is 2. The summed E-state index contributed by atoms with van der Waals surface area (Å²) in [5, 5.41) is 5.30. The molecule has 3 heteroatoms. The predicted molar refractivity (Wildman–Crippen MR) is 88.9 cm³/mol. The van der Waals surface area contributed by atoms with Gasteiger partial charge < -0.3 is 5.32 Å². The van der Waals surface area contributed by atoms with Gasteiger partial charge in [-0.25, -0.2) is 0 Å². The van der Waals surface area contributed by atoms with Gasteiger partial charge >= 0.3 is 0 Å². The average Bonchev–Trinajstić information content (AvgIpc) is 2.39. The van der Waals surface area contributed by atoms with E-state index in [1.54, 1.807) is 0 Å². The molecule has 0 aliphatic heterocycles. The molecule has 2 atom stereocenters. The van der Waals surface area contributed by atoms with Crippen LogP contribution < -0.4 is 5.32 Å². The van der Waals surface area contributed by atoms with Crippen LogP contribution in [0.1, 0.15) is 57.9 Å². The normalized spacial score (nSPS) is 23.9. The van der Waals surface area contributed by atoms with Gasteiger partial charge in [0.1, 0.15) is 0 Å². The zero-order chi connectivity index (χ0) is 14.8. The Morgan fingerprint density at radius 2 is 1.85 bits per heavy atom. The van der Waals surface area contributed by atoms with Crippen molar-refractivity contribution in [2.75, 3.05) is 6.54 Å². The first kappa shape index (κ1) is 16.1. The molecule has 0 amide bonds. The van der Waals surface area contributed by atoms with E-state index in [0.717, 1.165) is 16.6 Å². The van der Waals surface area contributed by atoms with Crippen LogP contribution in [0.25, 0.3) is 0 Å². The molecule has 2 rings (SSSR count). The van der Waals surface area contributed by atoms with Gasteiger partial charge in [-0.15, -0.1) is 0 Å². The first-order valence-electron chi connectivity index (χ1n) is 7.57. The molecule has 0 aromatic heterocycles. The molecule has 1 aromatic carbocycles. The minimum Gasteiger partial charge on any atom is -0.312 e. The van der Waals surface area contributed by atoms with Gasteiger partial charge in [0.15, 0.2) is 0 Å². The molecule has 112 valence electrons. The van der Waals surface area contributed by atoms with E-state index in [4.69, 9.17) is 23.2 Å². The summed E-state index contributed by atoms with van der Waals surface area (Å²) < 4.78 is 0. The molecule has 0 spiro atoms. The van der Waals surface area contributed by atoms with Gasteiger partial charge in [0.25, 0.3) is 0 Å². The lowest BCUT2D eigenvalue weighted by molar-refractivity contribution is 0.269. The predicted octanol–water partition coefficient (Wildman–Crippen LogP) is 5.66. The zero-order valence-electron chi connectivity index (χ0n) is 12.7. The van der Waals surface area contributed by atoms with Crippen molar-refractivity contribution in [3.8, 4) is 0 Å². The third-order valence-electron chi connectivity index (χ3n) is 4.16. The number of nitrogens with one attached hydrogen (secondary N) is 1. The second-order valence-electron chi connectivity index (χ2n) is 6.95.